The molecule has 2 aliphatic heterocycles. The summed E-state index contributed by atoms with van der Waals surface area (Å²) in [6, 6.07) is 16.2. The lowest BCUT2D eigenvalue weighted by Crippen LogP contribution is -2.48. The van der Waals surface area contributed by atoms with Crippen molar-refractivity contribution in [2.24, 2.45) is 0 Å². The molecule has 2 saturated heterocycles. The van der Waals surface area contributed by atoms with Crippen LogP contribution in [0.25, 0.3) is 22.1 Å². The maximum absolute atomic E-state index is 12.9. The van der Waals surface area contributed by atoms with Crippen LogP contribution in [-0.2, 0) is 16.0 Å². The number of nitrogens with zero attached hydrogens (tertiary/aromatic N) is 5. The summed E-state index contributed by atoms with van der Waals surface area (Å²) in [7, 11) is 0. The van der Waals surface area contributed by atoms with Gasteiger partial charge in [0.25, 0.3) is 0 Å². The first-order valence-corrected chi connectivity index (χ1v) is 13.2. The molecule has 0 bridgehead atoms. The second kappa shape index (κ2) is 8.48. The Bertz CT molecular complexity index is 1500. The lowest BCUT2D eigenvalue weighted by Gasteiger charge is -2.37. The molecule has 0 spiro atoms. The number of benzene rings is 2. The van der Waals surface area contributed by atoms with E-state index in [0.29, 0.717) is 23.9 Å². The van der Waals surface area contributed by atoms with Crippen LogP contribution in [0.2, 0.25) is 0 Å². The first-order valence-electron chi connectivity index (χ1n) is 12.2. The van der Waals surface area contributed by atoms with E-state index in [0.717, 1.165) is 35.7 Å². The van der Waals surface area contributed by atoms with Gasteiger partial charge < -0.3 is 14.6 Å². The Labute approximate surface area is 211 Å². The number of nitrogens with one attached hydrogen (secondary N) is 1. The summed E-state index contributed by atoms with van der Waals surface area (Å²) in [6.07, 6.45) is 1.94. The van der Waals surface area contributed by atoms with Crippen molar-refractivity contribution < 1.29 is 14.3 Å². The Morgan fingerprint density at radius 3 is 2.78 bits per heavy atom. The average Bonchev–Trinajstić information content (AvgIpc) is 3.55. The summed E-state index contributed by atoms with van der Waals surface area (Å²) in [6.45, 7) is 1.24. The number of amides is 2. The highest BCUT2D eigenvalue weighted by atomic mass is 32.2. The van der Waals surface area contributed by atoms with Crippen LogP contribution >= 0.6 is 11.8 Å². The fourth-order valence-electron chi connectivity index (χ4n) is 5.83. The minimum Gasteiger partial charge on any atom is -0.443 e. The molecule has 2 aromatic heterocycles. The van der Waals surface area contributed by atoms with Crippen LogP contribution in [0.3, 0.4) is 0 Å². The van der Waals surface area contributed by atoms with E-state index >= 15 is 0 Å². The molecule has 7 rings (SSSR count). The number of H-pyrrole nitrogens is 1. The van der Waals surface area contributed by atoms with Crippen LogP contribution in [0, 0.1) is 0 Å². The Balaban J connectivity index is 0.984. The number of ether oxygens (including phenoxy) is 1. The fraction of sp³-hybridized carbons (Fsp3) is 0.346. The quantitative estimate of drug-likeness (QED) is 0.426. The van der Waals surface area contributed by atoms with E-state index < -0.39 is 0 Å². The molecule has 36 heavy (non-hydrogen) atoms. The third-order valence-corrected chi connectivity index (χ3v) is 8.37. The molecule has 2 fully saturated rings. The normalized spacial score (nSPS) is 21.7. The van der Waals surface area contributed by atoms with Gasteiger partial charge in [0.15, 0.2) is 5.65 Å². The summed E-state index contributed by atoms with van der Waals surface area (Å²) in [5.74, 6) is 0.300. The predicted molar refractivity (Wildman–Crippen MR) is 135 cm³/mol. The average molecular weight is 501 g/mol. The molecule has 2 aromatic carbocycles. The minimum absolute atomic E-state index is 0.0132. The van der Waals surface area contributed by atoms with E-state index in [1.165, 1.54) is 22.9 Å². The molecule has 1 aliphatic carbocycles. The second-order valence-corrected chi connectivity index (χ2v) is 10.5. The van der Waals surface area contributed by atoms with Crippen molar-refractivity contribution in [3.8, 4) is 0 Å². The van der Waals surface area contributed by atoms with Gasteiger partial charge in [0.1, 0.15) is 11.6 Å². The zero-order chi connectivity index (χ0) is 24.2. The lowest BCUT2D eigenvalue weighted by molar-refractivity contribution is -0.129. The number of likely N-dealkylation sites (tertiary alicyclic amines) is 1. The summed E-state index contributed by atoms with van der Waals surface area (Å²) >= 11 is 1.30. The predicted octanol–water partition coefficient (Wildman–Crippen LogP) is 3.71. The van der Waals surface area contributed by atoms with Crippen LogP contribution in [0.4, 0.5) is 4.79 Å². The topological polar surface area (TPSA) is 104 Å². The van der Waals surface area contributed by atoms with Gasteiger partial charge in [0, 0.05) is 36.5 Å². The number of aromatic nitrogens is 4. The number of hydrogen-bond acceptors (Lipinski definition) is 7. The van der Waals surface area contributed by atoms with Crippen molar-refractivity contribution in [3.63, 3.8) is 0 Å². The van der Waals surface area contributed by atoms with E-state index in [1.807, 2.05) is 46.2 Å². The molecule has 4 aromatic rings. The monoisotopic (exact) mass is 500 g/mol. The second-order valence-electron chi connectivity index (χ2n) is 9.54. The van der Waals surface area contributed by atoms with Crippen molar-refractivity contribution in [2.75, 3.05) is 18.8 Å². The SMILES string of the molecule is O=C(CSc1nnc2c(n1)[nH]c1ccccc12)N1CCC(N2C(=O)O[C@@H]3Cc4ccccc4[C@@H]32)CC1. The molecule has 0 unspecified atom stereocenters. The largest absolute Gasteiger partial charge is 0.443 e. The Kier molecular flexibility index (Phi) is 5.09. The molecular weight excluding hydrogens is 476 g/mol. The van der Waals surface area contributed by atoms with E-state index in [-0.39, 0.29) is 35.9 Å². The van der Waals surface area contributed by atoms with Gasteiger partial charge in [0.05, 0.1) is 11.8 Å². The van der Waals surface area contributed by atoms with Crippen LogP contribution in [-0.4, -0.2) is 73.0 Å². The number of rotatable bonds is 4. The van der Waals surface area contributed by atoms with Gasteiger partial charge in [-0.25, -0.2) is 9.78 Å². The van der Waals surface area contributed by atoms with E-state index in [2.05, 4.69) is 32.3 Å². The number of hydrogen-bond donors (Lipinski definition) is 1. The number of thioether (sulfide) groups is 1. The molecule has 2 amide bonds. The molecule has 182 valence electrons. The third kappa shape index (κ3) is 3.50. The zero-order valence-electron chi connectivity index (χ0n) is 19.5. The van der Waals surface area contributed by atoms with E-state index in [9.17, 15) is 9.59 Å². The first kappa shape index (κ1) is 21.6. The molecule has 0 saturated carbocycles. The number of para-hydroxylation sites is 1. The summed E-state index contributed by atoms with van der Waals surface area (Å²) in [4.78, 5) is 37.3. The van der Waals surface area contributed by atoms with Gasteiger partial charge in [-0.15, -0.1) is 10.2 Å². The van der Waals surface area contributed by atoms with Crippen LogP contribution in [0.15, 0.2) is 53.7 Å². The molecule has 0 radical (unpaired) electrons. The first-order chi connectivity index (χ1) is 17.7. The molecule has 3 aliphatic rings. The van der Waals surface area contributed by atoms with Crippen molar-refractivity contribution in [1.29, 1.82) is 0 Å². The third-order valence-electron chi connectivity index (χ3n) is 7.55. The fourth-order valence-corrected chi connectivity index (χ4v) is 6.52. The highest BCUT2D eigenvalue weighted by molar-refractivity contribution is 7.99. The minimum atomic E-state index is -0.225. The summed E-state index contributed by atoms with van der Waals surface area (Å²) < 4.78 is 5.73. The Morgan fingerprint density at radius 1 is 1.08 bits per heavy atom. The van der Waals surface area contributed by atoms with Gasteiger partial charge in [-0.1, -0.05) is 54.2 Å². The van der Waals surface area contributed by atoms with Crippen LogP contribution in [0.5, 0.6) is 0 Å². The molecule has 1 N–H and O–H groups in total. The summed E-state index contributed by atoms with van der Waals surface area (Å²) in [5, 5.41) is 10.0. The Morgan fingerprint density at radius 2 is 1.89 bits per heavy atom. The van der Waals surface area contributed by atoms with Gasteiger partial charge in [0.2, 0.25) is 11.1 Å². The van der Waals surface area contributed by atoms with Crippen molar-refractivity contribution in [3.05, 3.63) is 59.7 Å². The highest BCUT2D eigenvalue weighted by Crippen LogP contribution is 2.44. The maximum Gasteiger partial charge on any atom is 0.411 e. The van der Waals surface area contributed by atoms with Gasteiger partial charge in [-0.05, 0) is 30.0 Å². The molecule has 2 atom stereocenters. The molecule has 9 nitrogen and oxygen atoms in total. The summed E-state index contributed by atoms with van der Waals surface area (Å²) in [5.41, 5.74) is 4.83. The van der Waals surface area contributed by atoms with Crippen LogP contribution in [0.1, 0.15) is 30.0 Å². The Hall–Kier alpha value is -3.66. The zero-order valence-corrected chi connectivity index (χ0v) is 20.3. The van der Waals surface area contributed by atoms with Gasteiger partial charge in [-0.2, -0.15) is 0 Å². The number of piperidine rings is 1. The van der Waals surface area contributed by atoms with E-state index in [1.54, 1.807) is 0 Å². The maximum atomic E-state index is 12.9. The highest BCUT2D eigenvalue weighted by Gasteiger charge is 2.50. The number of carbonyl (C=O) groups is 2. The van der Waals surface area contributed by atoms with Crippen LogP contribution < -0.4 is 0 Å². The standard InChI is InChI=1S/C26H24N6O3S/c33-21(14-36-25-28-24-22(29-30-25)18-7-3-4-8-19(18)27-24)31-11-9-16(10-12-31)32-23-17-6-2-1-5-15(17)13-20(23)35-26(32)34/h1-8,16,20,23H,9-14H2,(H,27,28,30)/t20-,23+/m1/s1. The lowest BCUT2D eigenvalue weighted by atomic mass is 9.99. The molecule has 10 heteroatoms. The van der Waals surface area contributed by atoms with E-state index in [4.69, 9.17) is 4.74 Å². The van der Waals surface area contributed by atoms with Gasteiger partial charge >= 0.3 is 6.09 Å². The number of carbonyl (C=O) groups excluding carboxylic acids is 2. The molecule has 4 heterocycles. The van der Waals surface area contributed by atoms with Gasteiger partial charge in [-0.3, -0.25) is 9.69 Å². The number of fused-ring (bicyclic) bond motifs is 6. The van der Waals surface area contributed by atoms with Crippen molar-refractivity contribution in [1.82, 2.24) is 30.0 Å². The number of aromatic amines is 1. The molecular formula is C26H24N6O3S. The smallest absolute Gasteiger partial charge is 0.411 e. The van der Waals surface area contributed by atoms with Crippen molar-refractivity contribution in [2.45, 2.75) is 42.6 Å². The van der Waals surface area contributed by atoms with Crippen molar-refractivity contribution >= 4 is 45.8 Å².